The molecule has 4 nitrogen and oxygen atoms in total. The molecule has 0 saturated heterocycles. The molecule has 4 heteroatoms. The van der Waals surface area contributed by atoms with Crippen molar-refractivity contribution in [2.45, 2.75) is 26.7 Å². The number of benzene rings is 1. The Hall–Kier alpha value is -2.36. The Morgan fingerprint density at radius 1 is 1.19 bits per heavy atom. The van der Waals surface area contributed by atoms with Crippen LogP contribution in [0, 0.1) is 6.92 Å². The van der Waals surface area contributed by atoms with Crippen LogP contribution in [-0.4, -0.2) is 17.9 Å². The average molecular weight is 283 g/mol. The highest BCUT2D eigenvalue weighted by Crippen LogP contribution is 2.28. The summed E-state index contributed by atoms with van der Waals surface area (Å²) in [7, 11) is 1.76. The van der Waals surface area contributed by atoms with Crippen LogP contribution in [0.2, 0.25) is 0 Å². The van der Waals surface area contributed by atoms with Gasteiger partial charge in [-0.3, -0.25) is 4.79 Å². The normalized spacial score (nSPS) is 10.5. The largest absolute Gasteiger partial charge is 0.372 e. The molecular formula is C17H21N3O. The van der Waals surface area contributed by atoms with Gasteiger partial charge in [-0.2, -0.15) is 0 Å². The molecule has 0 spiro atoms. The number of nitrogens with zero attached hydrogens (tertiary/aromatic N) is 1. The number of hydrogen-bond donors (Lipinski definition) is 2. The van der Waals surface area contributed by atoms with E-state index in [1.165, 1.54) is 0 Å². The first kappa shape index (κ1) is 15.0. The lowest BCUT2D eigenvalue weighted by Crippen LogP contribution is -2.17. The Bertz CT molecular complexity index is 650. The summed E-state index contributed by atoms with van der Waals surface area (Å²) in [6, 6.07) is 9.60. The Balaban J connectivity index is 2.36. The number of nitrogens with one attached hydrogen (secondary N) is 2. The predicted octanol–water partition coefficient (Wildman–Crippen LogP) is 3.81. The maximum atomic E-state index is 12.5. The zero-order valence-electron chi connectivity index (χ0n) is 12.9. The summed E-state index contributed by atoms with van der Waals surface area (Å²) in [6.07, 6.45) is 1.66. The fourth-order valence-corrected chi connectivity index (χ4v) is 2.31. The molecule has 1 heterocycles. The molecule has 1 aromatic heterocycles. The van der Waals surface area contributed by atoms with Crippen molar-refractivity contribution < 1.29 is 4.79 Å². The Morgan fingerprint density at radius 2 is 1.95 bits per heavy atom. The van der Waals surface area contributed by atoms with E-state index in [4.69, 9.17) is 0 Å². The summed E-state index contributed by atoms with van der Waals surface area (Å²) < 4.78 is 0. The van der Waals surface area contributed by atoms with Crippen LogP contribution in [0.3, 0.4) is 0 Å². The van der Waals surface area contributed by atoms with Crippen LogP contribution in [0.1, 0.15) is 41.3 Å². The number of carbonyl (C=O) groups excluding carboxylic acids is 1. The molecule has 2 aromatic rings. The minimum Gasteiger partial charge on any atom is -0.372 e. The van der Waals surface area contributed by atoms with Crippen LogP contribution in [0.4, 0.5) is 11.5 Å². The van der Waals surface area contributed by atoms with Crippen LogP contribution >= 0.6 is 0 Å². The summed E-state index contributed by atoms with van der Waals surface area (Å²) in [5.41, 5.74) is 3.63. The molecule has 0 fully saturated rings. The van der Waals surface area contributed by atoms with Gasteiger partial charge in [0.05, 0.1) is 5.56 Å². The van der Waals surface area contributed by atoms with E-state index in [9.17, 15) is 4.79 Å². The van der Waals surface area contributed by atoms with E-state index in [1.807, 2.05) is 19.1 Å². The molecule has 2 N–H and O–H groups in total. The van der Waals surface area contributed by atoms with Crippen molar-refractivity contribution in [3.63, 3.8) is 0 Å². The molecule has 0 bridgehead atoms. The molecule has 110 valence electrons. The number of carbonyl (C=O) groups is 1. The van der Waals surface area contributed by atoms with Crippen molar-refractivity contribution in [1.29, 1.82) is 0 Å². The third-order valence-corrected chi connectivity index (χ3v) is 3.45. The third-order valence-electron chi connectivity index (χ3n) is 3.45. The van der Waals surface area contributed by atoms with Gasteiger partial charge >= 0.3 is 0 Å². The maximum Gasteiger partial charge on any atom is 0.259 e. The van der Waals surface area contributed by atoms with Gasteiger partial charge in [-0.05, 0) is 36.1 Å². The molecule has 0 atom stereocenters. The van der Waals surface area contributed by atoms with E-state index < -0.39 is 0 Å². The molecule has 0 aliphatic rings. The number of pyridine rings is 1. The first-order chi connectivity index (χ1) is 10.0. The standard InChI is InChI=1S/C17H21N3O/c1-11(2)13-8-5-7-12(3)15(13)20-17(21)14-9-6-10-19-16(14)18-4/h5-11H,1-4H3,(H,18,19)(H,20,21). The van der Waals surface area contributed by atoms with E-state index in [1.54, 1.807) is 25.4 Å². The second-order valence-electron chi connectivity index (χ2n) is 5.30. The minimum atomic E-state index is -0.149. The van der Waals surface area contributed by atoms with Gasteiger partial charge in [0.25, 0.3) is 5.91 Å². The van der Waals surface area contributed by atoms with Crippen LogP contribution < -0.4 is 10.6 Å². The predicted molar refractivity (Wildman–Crippen MR) is 87.0 cm³/mol. The van der Waals surface area contributed by atoms with E-state index in [-0.39, 0.29) is 5.91 Å². The number of aromatic nitrogens is 1. The number of para-hydroxylation sites is 1. The van der Waals surface area contributed by atoms with Crippen molar-refractivity contribution in [2.75, 3.05) is 17.7 Å². The fraction of sp³-hybridized carbons (Fsp3) is 0.294. The summed E-state index contributed by atoms with van der Waals surface area (Å²) in [5, 5.41) is 5.97. The Labute approximate surface area is 125 Å². The summed E-state index contributed by atoms with van der Waals surface area (Å²) in [4.78, 5) is 16.7. The average Bonchev–Trinajstić information content (AvgIpc) is 2.48. The molecule has 0 saturated carbocycles. The van der Waals surface area contributed by atoms with E-state index in [2.05, 4.69) is 35.5 Å². The highest BCUT2D eigenvalue weighted by molar-refractivity contribution is 6.08. The summed E-state index contributed by atoms with van der Waals surface area (Å²) in [6.45, 7) is 6.24. The molecule has 0 aliphatic heterocycles. The van der Waals surface area contributed by atoms with Crippen LogP contribution in [0.5, 0.6) is 0 Å². The number of aryl methyl sites for hydroxylation is 1. The van der Waals surface area contributed by atoms with Gasteiger partial charge < -0.3 is 10.6 Å². The first-order valence-electron chi connectivity index (χ1n) is 7.08. The quantitative estimate of drug-likeness (QED) is 0.897. The van der Waals surface area contributed by atoms with Crippen LogP contribution in [0.25, 0.3) is 0 Å². The molecule has 0 unspecified atom stereocenters. The minimum absolute atomic E-state index is 0.149. The van der Waals surface area contributed by atoms with E-state index in [0.717, 1.165) is 16.8 Å². The van der Waals surface area contributed by atoms with Crippen molar-refractivity contribution >= 4 is 17.4 Å². The van der Waals surface area contributed by atoms with Crippen molar-refractivity contribution in [2.24, 2.45) is 0 Å². The van der Waals surface area contributed by atoms with Gasteiger partial charge in [0.15, 0.2) is 0 Å². The number of amides is 1. The SMILES string of the molecule is CNc1ncccc1C(=O)Nc1c(C)cccc1C(C)C. The third kappa shape index (κ3) is 3.21. The Kier molecular flexibility index (Phi) is 4.58. The fourth-order valence-electron chi connectivity index (χ4n) is 2.31. The number of hydrogen-bond acceptors (Lipinski definition) is 3. The molecular weight excluding hydrogens is 262 g/mol. The molecule has 0 radical (unpaired) electrons. The van der Waals surface area contributed by atoms with Crippen LogP contribution in [-0.2, 0) is 0 Å². The van der Waals surface area contributed by atoms with Crippen LogP contribution in [0.15, 0.2) is 36.5 Å². The van der Waals surface area contributed by atoms with Gasteiger partial charge in [0, 0.05) is 18.9 Å². The lowest BCUT2D eigenvalue weighted by Gasteiger charge is -2.17. The molecule has 2 rings (SSSR count). The van der Waals surface area contributed by atoms with E-state index >= 15 is 0 Å². The molecule has 1 amide bonds. The smallest absolute Gasteiger partial charge is 0.259 e. The molecule has 0 aliphatic carbocycles. The highest BCUT2D eigenvalue weighted by atomic mass is 16.1. The van der Waals surface area contributed by atoms with E-state index in [0.29, 0.717) is 17.3 Å². The Morgan fingerprint density at radius 3 is 2.62 bits per heavy atom. The van der Waals surface area contributed by atoms with Crippen molar-refractivity contribution in [3.05, 3.63) is 53.2 Å². The zero-order chi connectivity index (χ0) is 15.4. The zero-order valence-corrected chi connectivity index (χ0v) is 12.9. The number of rotatable bonds is 4. The summed E-state index contributed by atoms with van der Waals surface area (Å²) in [5.74, 6) is 0.774. The monoisotopic (exact) mass is 283 g/mol. The van der Waals surface area contributed by atoms with Gasteiger partial charge in [-0.25, -0.2) is 4.98 Å². The topological polar surface area (TPSA) is 54.0 Å². The number of anilines is 2. The second kappa shape index (κ2) is 6.39. The highest BCUT2D eigenvalue weighted by Gasteiger charge is 2.15. The van der Waals surface area contributed by atoms with Gasteiger partial charge in [-0.1, -0.05) is 32.0 Å². The lowest BCUT2D eigenvalue weighted by molar-refractivity contribution is 0.102. The van der Waals surface area contributed by atoms with Crippen molar-refractivity contribution in [1.82, 2.24) is 4.98 Å². The van der Waals surface area contributed by atoms with Crippen molar-refractivity contribution in [3.8, 4) is 0 Å². The first-order valence-corrected chi connectivity index (χ1v) is 7.08. The van der Waals surface area contributed by atoms with Gasteiger partial charge in [0.1, 0.15) is 5.82 Å². The molecule has 1 aromatic carbocycles. The maximum absolute atomic E-state index is 12.5. The van der Waals surface area contributed by atoms with Gasteiger partial charge in [-0.15, -0.1) is 0 Å². The molecule has 21 heavy (non-hydrogen) atoms. The lowest BCUT2D eigenvalue weighted by atomic mass is 9.98. The van der Waals surface area contributed by atoms with Gasteiger partial charge in [0.2, 0.25) is 0 Å². The summed E-state index contributed by atoms with van der Waals surface area (Å²) >= 11 is 0. The second-order valence-corrected chi connectivity index (χ2v) is 5.30.